The number of fused-ring (bicyclic) bond motifs is 38. The van der Waals surface area contributed by atoms with Crippen molar-refractivity contribution in [1.82, 2.24) is 4.57 Å². The van der Waals surface area contributed by atoms with Crippen molar-refractivity contribution in [2.24, 2.45) is 0 Å². The van der Waals surface area contributed by atoms with Gasteiger partial charge >= 0.3 is 0 Å². The Morgan fingerprint density at radius 3 is 1.01 bits per heavy atom. The van der Waals surface area contributed by atoms with Crippen LogP contribution in [0.15, 0.2) is 376 Å². The van der Waals surface area contributed by atoms with Crippen LogP contribution in [0.2, 0.25) is 0 Å². The number of rotatable bonds is 4. The van der Waals surface area contributed by atoms with Crippen molar-refractivity contribution in [3.8, 4) is 83.6 Å². The molecule has 0 radical (unpaired) electrons. The van der Waals surface area contributed by atoms with E-state index < -0.39 is 16.2 Å². The summed E-state index contributed by atoms with van der Waals surface area (Å²) in [5.74, 6) is 0. The Balaban J connectivity index is 0.852. The van der Waals surface area contributed by atoms with E-state index in [0.717, 1.165) is 45.2 Å². The highest BCUT2D eigenvalue weighted by Gasteiger charge is 2.58. The molecule has 0 saturated carbocycles. The van der Waals surface area contributed by atoms with E-state index in [1.807, 2.05) is 0 Å². The summed E-state index contributed by atoms with van der Waals surface area (Å²) in [5.41, 5.74) is 45.8. The summed E-state index contributed by atoms with van der Waals surface area (Å²) < 4.78 is 2.58. The predicted octanol–water partition coefficient (Wildman–Crippen LogP) is 23.6. The average molecular weight is 1380 g/mol. The maximum atomic E-state index is 2.83. The molecule has 0 N–H and O–H groups in total. The predicted molar refractivity (Wildman–Crippen MR) is 449 cm³/mol. The zero-order valence-corrected chi connectivity index (χ0v) is 59.2. The molecule has 6 aliphatic carbocycles. The first-order valence-corrected chi connectivity index (χ1v) is 38.4. The van der Waals surface area contributed by atoms with Gasteiger partial charge in [0.2, 0.25) is 0 Å². The minimum atomic E-state index is -0.633. The van der Waals surface area contributed by atoms with Crippen molar-refractivity contribution in [2.45, 2.75) is 16.2 Å². The molecule has 3 nitrogen and oxygen atoms in total. The van der Waals surface area contributed by atoms with Gasteiger partial charge in [-0.2, -0.15) is 0 Å². The molecule has 0 unspecified atom stereocenters. The number of hydrogen-bond acceptors (Lipinski definition) is 2. The lowest BCUT2D eigenvalue weighted by Crippen LogP contribution is -2.61. The highest BCUT2D eigenvalue weighted by atomic mass is 15.2. The second kappa shape index (κ2) is 20.8. The number of nitrogens with zero attached hydrogens (tertiary/aromatic N) is 3. The van der Waals surface area contributed by atoms with Crippen molar-refractivity contribution in [3.63, 3.8) is 0 Å². The molecule has 17 aromatic carbocycles. The van der Waals surface area contributed by atoms with Gasteiger partial charge in [0.05, 0.1) is 44.3 Å². The molecular weight excluding hydrogens is 1310 g/mol. The molecule has 3 spiro atoms. The Bertz CT molecular complexity index is 6980. The van der Waals surface area contributed by atoms with E-state index in [0.29, 0.717) is 0 Å². The lowest BCUT2D eigenvalue weighted by atomic mass is 9.33. The fraction of sp³-hybridized carbons (Fsp3) is 0.0286. The van der Waals surface area contributed by atoms with Crippen LogP contribution in [0.1, 0.15) is 66.8 Å². The van der Waals surface area contributed by atoms with Gasteiger partial charge in [-0.05, 0) is 187 Å². The number of hydrogen-bond donors (Lipinski definition) is 0. The largest absolute Gasteiger partial charge is 0.311 e. The first-order valence-electron chi connectivity index (χ1n) is 38.4. The third-order valence-corrected chi connectivity index (χ3v) is 26.6. The van der Waals surface area contributed by atoms with Gasteiger partial charge in [0.15, 0.2) is 0 Å². The molecule has 26 rings (SSSR count). The van der Waals surface area contributed by atoms with Crippen LogP contribution < -0.4 is 26.2 Å². The maximum absolute atomic E-state index is 2.83. The molecule has 8 aliphatic rings. The van der Waals surface area contributed by atoms with E-state index in [1.165, 1.54) is 177 Å². The first-order chi connectivity index (χ1) is 54.1. The van der Waals surface area contributed by atoms with Crippen molar-refractivity contribution >= 4 is 79.0 Å². The molecule has 3 heterocycles. The van der Waals surface area contributed by atoms with E-state index in [9.17, 15) is 0 Å². The first kappa shape index (κ1) is 58.5. The van der Waals surface area contributed by atoms with Gasteiger partial charge in [-0.3, -0.25) is 0 Å². The van der Waals surface area contributed by atoms with Crippen LogP contribution in [0.4, 0.5) is 34.1 Å². The van der Waals surface area contributed by atoms with Crippen molar-refractivity contribution in [2.75, 3.05) is 9.80 Å². The van der Waals surface area contributed by atoms with E-state index in [-0.39, 0.29) is 6.71 Å². The molecule has 18 aromatic rings. The Hall–Kier alpha value is -13.8. The molecular formula is C105H62BN3. The fourth-order valence-corrected chi connectivity index (χ4v) is 22.9. The lowest BCUT2D eigenvalue weighted by molar-refractivity contribution is 0.793. The summed E-state index contributed by atoms with van der Waals surface area (Å²) in [6.07, 6.45) is 0. The maximum Gasteiger partial charge on any atom is 0.252 e. The third-order valence-electron chi connectivity index (χ3n) is 26.6. The number of anilines is 6. The van der Waals surface area contributed by atoms with E-state index in [2.05, 4.69) is 390 Å². The van der Waals surface area contributed by atoms with Crippen molar-refractivity contribution < 1.29 is 0 Å². The second-order valence-electron chi connectivity index (χ2n) is 31.0. The zero-order chi connectivity index (χ0) is 70.7. The van der Waals surface area contributed by atoms with Gasteiger partial charge in [-0.15, -0.1) is 0 Å². The smallest absolute Gasteiger partial charge is 0.252 e. The van der Waals surface area contributed by atoms with Crippen molar-refractivity contribution in [3.05, 3.63) is 443 Å². The quantitative estimate of drug-likeness (QED) is 0.163. The summed E-state index contributed by atoms with van der Waals surface area (Å²) in [6, 6.07) is 146. The molecule has 2 aliphatic heterocycles. The average Bonchev–Trinajstić information content (AvgIpc) is 1.54. The molecule has 109 heavy (non-hydrogen) atoms. The molecule has 4 heteroatoms. The highest BCUT2D eigenvalue weighted by molar-refractivity contribution is 7.00. The fourth-order valence-electron chi connectivity index (χ4n) is 22.9. The van der Waals surface area contributed by atoms with Crippen LogP contribution in [-0.2, 0) is 16.2 Å². The van der Waals surface area contributed by atoms with Crippen LogP contribution in [0.5, 0.6) is 0 Å². The molecule has 0 bridgehead atoms. The van der Waals surface area contributed by atoms with Gasteiger partial charge in [0.25, 0.3) is 6.71 Å². The van der Waals surface area contributed by atoms with E-state index in [4.69, 9.17) is 0 Å². The molecule has 1 aromatic heterocycles. The number of para-hydroxylation sites is 2. The summed E-state index contributed by atoms with van der Waals surface area (Å²) in [5, 5.41) is 2.44. The van der Waals surface area contributed by atoms with Crippen LogP contribution in [0.25, 0.3) is 105 Å². The Kier molecular flexibility index (Phi) is 11.2. The van der Waals surface area contributed by atoms with Crippen LogP contribution in [-0.4, -0.2) is 11.3 Å². The minimum Gasteiger partial charge on any atom is -0.311 e. The number of benzene rings is 17. The molecule has 0 fully saturated rings. The lowest BCUT2D eigenvalue weighted by Gasteiger charge is -2.46. The summed E-state index contributed by atoms with van der Waals surface area (Å²) in [7, 11) is 0. The second-order valence-corrected chi connectivity index (χ2v) is 31.0. The van der Waals surface area contributed by atoms with Crippen molar-refractivity contribution in [1.29, 1.82) is 0 Å². The molecule has 500 valence electrons. The van der Waals surface area contributed by atoms with Crippen LogP contribution in [0.3, 0.4) is 0 Å². The minimum absolute atomic E-state index is 0.275. The van der Waals surface area contributed by atoms with Crippen LogP contribution in [0, 0.1) is 0 Å². The highest BCUT2D eigenvalue weighted by Crippen LogP contribution is 2.70. The van der Waals surface area contributed by atoms with E-state index in [1.54, 1.807) is 0 Å². The standard InChI is InChI=1S/C105H62BN3/c1-2-28-63(29-3-1)64-56-59-93-90(60-64)106-89-58-57-88-100(76-40-12-23-49-85(76)105(88)81-45-19-8-34-70(81)71-35-9-20-46-82(71)105)102(89)109(95-55-27-51-87-99(95)75-39-11-22-48-84(75)104(87)79-43-17-6-32-68(79)69-33-7-18-44-80(69)104)97-62-65(107-91-52-24-13-36-72(91)73-37-14-25-53-92(73)107)61-96(101(97)106)108(93)94-54-26-50-86-98(94)74-38-10-21-47-83(74)103(86)77-41-15-4-30-66(77)67-31-5-16-42-78(67)103/h1-62H. The Morgan fingerprint density at radius 2 is 0.560 bits per heavy atom. The SMILES string of the molecule is c1ccc(-c2ccc3c(c2)B2c4ccc5c(c4N(c4cccc6c4-c4ccccc4C64c6ccccc6-c6ccccc64)c4cc(-n6c7ccccc7c7ccccc76)cc(c42)N3c2cccc3c2-c2ccccc2C32c3ccccc3-c3ccccc32)-c2ccccc2C52c3ccccc3-c3ccccc32)cc1. The normalized spacial score (nSPS) is 15.0. The van der Waals surface area contributed by atoms with Gasteiger partial charge in [0, 0.05) is 50.2 Å². The number of aromatic nitrogens is 1. The Labute approximate surface area is 631 Å². The van der Waals surface area contributed by atoms with E-state index >= 15 is 0 Å². The molecule has 0 amide bonds. The van der Waals surface area contributed by atoms with Crippen LogP contribution >= 0.6 is 0 Å². The van der Waals surface area contributed by atoms with Gasteiger partial charge in [0.1, 0.15) is 0 Å². The topological polar surface area (TPSA) is 11.4 Å². The molecule has 0 saturated heterocycles. The van der Waals surface area contributed by atoms with Gasteiger partial charge in [-0.25, -0.2) is 0 Å². The monoisotopic (exact) mass is 1380 g/mol. The van der Waals surface area contributed by atoms with Gasteiger partial charge in [-0.1, -0.05) is 334 Å². The zero-order valence-electron chi connectivity index (χ0n) is 59.2. The third kappa shape index (κ3) is 6.88. The van der Waals surface area contributed by atoms with Gasteiger partial charge < -0.3 is 14.4 Å². The Morgan fingerprint density at radius 1 is 0.211 bits per heavy atom. The summed E-state index contributed by atoms with van der Waals surface area (Å²) >= 11 is 0. The summed E-state index contributed by atoms with van der Waals surface area (Å²) in [4.78, 5) is 5.57. The summed E-state index contributed by atoms with van der Waals surface area (Å²) in [6.45, 7) is -0.275. The molecule has 0 atom stereocenters.